The van der Waals surface area contributed by atoms with Crippen LogP contribution in [0.1, 0.15) is 29.3 Å². The van der Waals surface area contributed by atoms with Gasteiger partial charge in [-0.05, 0) is 48.9 Å². The molecule has 2 aromatic rings. The van der Waals surface area contributed by atoms with E-state index in [4.69, 9.17) is 10.00 Å². The van der Waals surface area contributed by atoms with Gasteiger partial charge >= 0.3 is 0 Å². The van der Waals surface area contributed by atoms with Gasteiger partial charge in [0.15, 0.2) is 0 Å². The van der Waals surface area contributed by atoms with E-state index in [9.17, 15) is 9.59 Å². The Hall–Kier alpha value is -3.33. The fourth-order valence-electron chi connectivity index (χ4n) is 2.14. The summed E-state index contributed by atoms with van der Waals surface area (Å²) in [6, 6.07) is 15.8. The van der Waals surface area contributed by atoms with Crippen LogP contribution in [-0.2, 0) is 11.3 Å². The third-order valence-electron chi connectivity index (χ3n) is 3.36. The minimum Gasteiger partial charge on any atom is -0.494 e. The second-order valence-electron chi connectivity index (χ2n) is 5.22. The first-order chi connectivity index (χ1) is 12.1. The standard InChI is InChI=1S/C19H19N3O3/c1-2-25-17-9-5-15(6-10-17)19(24)21-13-14-3-7-16(8-4-14)22-18(23)11-12-20/h3-10H,2,11,13H2,1H3,(H,21,24)(H,22,23). The molecule has 0 radical (unpaired) electrons. The molecule has 2 amide bonds. The molecule has 25 heavy (non-hydrogen) atoms. The highest BCUT2D eigenvalue weighted by molar-refractivity contribution is 5.94. The number of rotatable bonds is 7. The van der Waals surface area contributed by atoms with Gasteiger partial charge in [-0.25, -0.2) is 0 Å². The smallest absolute Gasteiger partial charge is 0.251 e. The van der Waals surface area contributed by atoms with Gasteiger partial charge in [-0.1, -0.05) is 12.1 Å². The molecule has 2 rings (SSSR count). The summed E-state index contributed by atoms with van der Waals surface area (Å²) in [6.07, 6.45) is -0.181. The molecule has 0 aliphatic heterocycles. The first kappa shape index (κ1) is 18.0. The molecule has 6 heteroatoms. The van der Waals surface area contributed by atoms with Gasteiger partial charge < -0.3 is 15.4 Å². The average Bonchev–Trinajstić information content (AvgIpc) is 2.62. The Morgan fingerprint density at radius 3 is 2.36 bits per heavy atom. The summed E-state index contributed by atoms with van der Waals surface area (Å²) < 4.78 is 5.34. The van der Waals surface area contributed by atoms with Crippen molar-refractivity contribution in [1.82, 2.24) is 5.32 Å². The van der Waals surface area contributed by atoms with E-state index in [2.05, 4.69) is 10.6 Å². The number of nitrogens with one attached hydrogen (secondary N) is 2. The van der Waals surface area contributed by atoms with E-state index < -0.39 is 0 Å². The Bertz CT molecular complexity index is 762. The van der Waals surface area contributed by atoms with Gasteiger partial charge in [0.1, 0.15) is 12.2 Å². The highest BCUT2D eigenvalue weighted by Crippen LogP contribution is 2.13. The Kier molecular flexibility index (Phi) is 6.55. The Morgan fingerprint density at radius 1 is 1.08 bits per heavy atom. The van der Waals surface area contributed by atoms with Crippen molar-refractivity contribution >= 4 is 17.5 Å². The lowest BCUT2D eigenvalue weighted by molar-refractivity contribution is -0.115. The average molecular weight is 337 g/mol. The van der Waals surface area contributed by atoms with Crippen molar-refractivity contribution in [1.29, 1.82) is 5.26 Å². The zero-order valence-corrected chi connectivity index (χ0v) is 13.9. The van der Waals surface area contributed by atoms with E-state index >= 15 is 0 Å². The Labute approximate surface area is 146 Å². The zero-order valence-electron chi connectivity index (χ0n) is 13.9. The lowest BCUT2D eigenvalue weighted by Gasteiger charge is -2.08. The lowest BCUT2D eigenvalue weighted by atomic mass is 10.1. The van der Waals surface area contributed by atoms with Crippen LogP contribution in [0.2, 0.25) is 0 Å². The molecule has 0 aliphatic carbocycles. The number of benzene rings is 2. The fraction of sp³-hybridized carbons (Fsp3) is 0.211. The van der Waals surface area contributed by atoms with Crippen molar-refractivity contribution in [2.75, 3.05) is 11.9 Å². The van der Waals surface area contributed by atoms with E-state index in [0.717, 1.165) is 11.3 Å². The molecule has 2 N–H and O–H groups in total. The van der Waals surface area contributed by atoms with Crippen molar-refractivity contribution in [3.8, 4) is 11.8 Å². The molecule has 0 aromatic heterocycles. The molecule has 0 unspecified atom stereocenters. The Balaban J connectivity index is 1.87. The third kappa shape index (κ3) is 5.66. The van der Waals surface area contributed by atoms with Gasteiger partial charge in [0.25, 0.3) is 5.91 Å². The number of carbonyl (C=O) groups is 2. The van der Waals surface area contributed by atoms with Crippen LogP contribution >= 0.6 is 0 Å². The second kappa shape index (κ2) is 9.08. The summed E-state index contributed by atoms with van der Waals surface area (Å²) in [5.74, 6) is 0.210. The van der Waals surface area contributed by atoms with Crippen molar-refractivity contribution in [3.63, 3.8) is 0 Å². The van der Waals surface area contributed by atoms with Crippen LogP contribution in [0.4, 0.5) is 5.69 Å². The van der Waals surface area contributed by atoms with Crippen LogP contribution < -0.4 is 15.4 Å². The molecule has 0 fully saturated rings. The number of ether oxygens (including phenoxy) is 1. The zero-order chi connectivity index (χ0) is 18.1. The van der Waals surface area contributed by atoms with E-state index in [0.29, 0.717) is 24.4 Å². The van der Waals surface area contributed by atoms with Gasteiger partial charge in [-0.2, -0.15) is 5.26 Å². The van der Waals surface area contributed by atoms with Gasteiger partial charge in [-0.15, -0.1) is 0 Å². The highest BCUT2D eigenvalue weighted by atomic mass is 16.5. The molecule has 0 saturated heterocycles. The van der Waals surface area contributed by atoms with Crippen molar-refractivity contribution < 1.29 is 14.3 Å². The minimum absolute atomic E-state index is 0.172. The molecule has 0 heterocycles. The predicted octanol–water partition coefficient (Wildman–Crippen LogP) is 2.87. The van der Waals surface area contributed by atoms with Gasteiger partial charge in [0, 0.05) is 17.8 Å². The minimum atomic E-state index is -0.348. The van der Waals surface area contributed by atoms with Crippen molar-refractivity contribution in [2.45, 2.75) is 19.9 Å². The van der Waals surface area contributed by atoms with E-state index in [1.807, 2.05) is 6.92 Å². The van der Waals surface area contributed by atoms with Crippen LogP contribution in [0, 0.1) is 11.3 Å². The van der Waals surface area contributed by atoms with Crippen LogP contribution in [0.15, 0.2) is 48.5 Å². The van der Waals surface area contributed by atoms with Crippen molar-refractivity contribution in [3.05, 3.63) is 59.7 Å². The maximum Gasteiger partial charge on any atom is 0.251 e. The maximum atomic E-state index is 12.1. The molecule has 0 saturated carbocycles. The van der Waals surface area contributed by atoms with Crippen LogP contribution in [-0.4, -0.2) is 18.4 Å². The molecule has 0 spiro atoms. The predicted molar refractivity (Wildman–Crippen MR) is 94.1 cm³/mol. The normalized spacial score (nSPS) is 9.76. The largest absolute Gasteiger partial charge is 0.494 e. The number of hydrogen-bond acceptors (Lipinski definition) is 4. The van der Waals surface area contributed by atoms with Gasteiger partial charge in [-0.3, -0.25) is 9.59 Å². The van der Waals surface area contributed by atoms with Crippen LogP contribution in [0.5, 0.6) is 5.75 Å². The molecule has 6 nitrogen and oxygen atoms in total. The molecular weight excluding hydrogens is 318 g/mol. The first-order valence-electron chi connectivity index (χ1n) is 7.89. The van der Waals surface area contributed by atoms with Crippen LogP contribution in [0.25, 0.3) is 0 Å². The number of hydrogen-bond donors (Lipinski definition) is 2. The molecule has 128 valence electrons. The van der Waals surface area contributed by atoms with Crippen molar-refractivity contribution in [2.24, 2.45) is 0 Å². The number of nitriles is 1. The molecule has 2 aromatic carbocycles. The van der Waals surface area contributed by atoms with Crippen LogP contribution in [0.3, 0.4) is 0 Å². The number of amides is 2. The summed E-state index contributed by atoms with van der Waals surface area (Å²) in [6.45, 7) is 2.86. The van der Waals surface area contributed by atoms with Gasteiger partial charge in [0.05, 0.1) is 12.7 Å². The van der Waals surface area contributed by atoms with E-state index in [-0.39, 0.29) is 18.2 Å². The lowest BCUT2D eigenvalue weighted by Crippen LogP contribution is -2.22. The Morgan fingerprint density at radius 2 is 1.76 bits per heavy atom. The topological polar surface area (TPSA) is 91.2 Å². The maximum absolute atomic E-state index is 12.1. The molecule has 0 aliphatic rings. The summed E-state index contributed by atoms with van der Waals surface area (Å²) in [7, 11) is 0. The van der Waals surface area contributed by atoms with E-state index in [1.165, 1.54) is 0 Å². The highest BCUT2D eigenvalue weighted by Gasteiger charge is 2.06. The third-order valence-corrected chi connectivity index (χ3v) is 3.36. The summed E-state index contributed by atoms with van der Waals surface area (Å²) in [5, 5.41) is 13.9. The summed E-state index contributed by atoms with van der Waals surface area (Å²) >= 11 is 0. The number of anilines is 1. The SMILES string of the molecule is CCOc1ccc(C(=O)NCc2ccc(NC(=O)CC#N)cc2)cc1. The molecule has 0 bridgehead atoms. The summed E-state index contributed by atoms with van der Waals surface area (Å²) in [5.41, 5.74) is 2.07. The number of carbonyl (C=O) groups excluding carboxylic acids is 2. The van der Waals surface area contributed by atoms with Gasteiger partial charge in [0.2, 0.25) is 5.91 Å². The molecular formula is C19H19N3O3. The first-order valence-corrected chi connectivity index (χ1v) is 7.89. The monoisotopic (exact) mass is 337 g/mol. The quantitative estimate of drug-likeness (QED) is 0.813. The summed E-state index contributed by atoms with van der Waals surface area (Å²) in [4.78, 5) is 23.5. The fourth-order valence-corrected chi connectivity index (χ4v) is 2.14. The second-order valence-corrected chi connectivity index (χ2v) is 5.22. The molecule has 0 atom stereocenters. The van der Waals surface area contributed by atoms with E-state index in [1.54, 1.807) is 54.6 Å². The number of nitrogens with zero attached hydrogens (tertiary/aromatic N) is 1.